The van der Waals surface area contributed by atoms with E-state index in [-0.39, 0.29) is 22.3 Å². The number of pyridine rings is 1. The molecule has 0 atom stereocenters. The Kier molecular flexibility index (Phi) is 3.62. The van der Waals surface area contributed by atoms with Crippen LogP contribution in [-0.4, -0.2) is 24.0 Å². The van der Waals surface area contributed by atoms with Crippen LogP contribution < -0.4 is 5.32 Å². The Bertz CT molecular complexity index is 406. The Labute approximate surface area is 91.4 Å². The maximum Gasteiger partial charge on any atom is 0.340 e. The van der Waals surface area contributed by atoms with Gasteiger partial charge in [-0.3, -0.25) is 4.79 Å². The van der Waals surface area contributed by atoms with Crippen molar-refractivity contribution in [3.8, 4) is 0 Å². The average molecular weight is 229 g/mol. The van der Waals surface area contributed by atoms with Crippen molar-refractivity contribution in [3.63, 3.8) is 0 Å². The van der Waals surface area contributed by atoms with Gasteiger partial charge >= 0.3 is 5.97 Å². The Morgan fingerprint density at radius 3 is 2.73 bits per heavy atom. The quantitative estimate of drug-likeness (QED) is 0.615. The number of nitrogens with one attached hydrogen (secondary N) is 1. The molecule has 0 unspecified atom stereocenters. The van der Waals surface area contributed by atoms with Crippen molar-refractivity contribution in [3.05, 3.63) is 23.0 Å². The summed E-state index contributed by atoms with van der Waals surface area (Å²) < 4.78 is 4.54. The number of halogens is 1. The highest BCUT2D eigenvalue weighted by Crippen LogP contribution is 2.18. The fraction of sp³-hybridized carbons (Fsp3) is 0.222. The monoisotopic (exact) mass is 228 g/mol. The zero-order valence-electron chi connectivity index (χ0n) is 8.20. The molecule has 0 spiro atoms. The van der Waals surface area contributed by atoms with Gasteiger partial charge in [0, 0.05) is 6.92 Å². The fourth-order valence-corrected chi connectivity index (χ4v) is 1.16. The lowest BCUT2D eigenvalue weighted by Crippen LogP contribution is -2.12. The van der Waals surface area contributed by atoms with E-state index in [0.717, 1.165) is 0 Å². The van der Waals surface area contributed by atoms with Gasteiger partial charge in [0.25, 0.3) is 0 Å². The minimum absolute atomic E-state index is 0.157. The molecule has 1 amide bonds. The van der Waals surface area contributed by atoms with Crippen LogP contribution in [0, 0.1) is 0 Å². The van der Waals surface area contributed by atoms with Gasteiger partial charge in [0.2, 0.25) is 5.91 Å². The molecular weight excluding hydrogens is 220 g/mol. The predicted molar refractivity (Wildman–Crippen MR) is 54.9 cm³/mol. The number of ether oxygens (including phenoxy) is 1. The number of methoxy groups -OCH3 is 1. The van der Waals surface area contributed by atoms with Crippen LogP contribution in [0.25, 0.3) is 0 Å². The minimum atomic E-state index is -0.581. The molecule has 1 aromatic rings. The van der Waals surface area contributed by atoms with Crippen LogP contribution in [0.2, 0.25) is 5.15 Å². The van der Waals surface area contributed by atoms with E-state index in [4.69, 9.17) is 11.6 Å². The molecule has 0 aliphatic heterocycles. The first-order valence-corrected chi connectivity index (χ1v) is 4.44. The van der Waals surface area contributed by atoms with Gasteiger partial charge in [0.1, 0.15) is 5.15 Å². The first-order valence-electron chi connectivity index (χ1n) is 4.06. The van der Waals surface area contributed by atoms with Gasteiger partial charge in [0.15, 0.2) is 0 Å². The molecule has 0 aliphatic rings. The molecule has 1 rings (SSSR count). The maximum atomic E-state index is 11.3. The largest absolute Gasteiger partial charge is 0.465 e. The number of aromatic nitrogens is 1. The second-order valence-corrected chi connectivity index (χ2v) is 3.11. The van der Waals surface area contributed by atoms with E-state index in [1.54, 1.807) is 0 Å². The fourth-order valence-electron chi connectivity index (χ4n) is 0.998. The number of esters is 1. The molecule has 0 saturated heterocycles. The molecule has 0 aromatic carbocycles. The summed E-state index contributed by atoms with van der Waals surface area (Å²) in [5.41, 5.74) is 0.450. The zero-order chi connectivity index (χ0) is 11.4. The Morgan fingerprint density at radius 2 is 2.20 bits per heavy atom. The summed E-state index contributed by atoms with van der Waals surface area (Å²) in [6, 6.07) is 1.33. The van der Waals surface area contributed by atoms with Crippen molar-refractivity contribution in [2.75, 3.05) is 12.4 Å². The van der Waals surface area contributed by atoms with E-state index in [9.17, 15) is 9.59 Å². The number of rotatable bonds is 2. The first-order chi connectivity index (χ1) is 7.04. The highest BCUT2D eigenvalue weighted by atomic mass is 35.5. The highest BCUT2D eigenvalue weighted by Gasteiger charge is 2.13. The van der Waals surface area contributed by atoms with Crippen LogP contribution in [0.5, 0.6) is 0 Å². The van der Waals surface area contributed by atoms with Crippen LogP contribution in [0.3, 0.4) is 0 Å². The summed E-state index contributed by atoms with van der Waals surface area (Å²) in [5.74, 6) is -0.882. The third-order valence-electron chi connectivity index (χ3n) is 1.59. The van der Waals surface area contributed by atoms with Gasteiger partial charge in [-0.05, 0) is 6.07 Å². The number of nitrogens with zero attached hydrogens (tertiary/aromatic N) is 1. The van der Waals surface area contributed by atoms with E-state index < -0.39 is 5.97 Å². The number of anilines is 1. The molecule has 0 aliphatic carbocycles. The second-order valence-electron chi connectivity index (χ2n) is 2.73. The predicted octanol–water partition coefficient (Wildman–Crippen LogP) is 1.48. The standard InChI is InChI=1S/C9H9ClN2O3/c1-5(13)12-7-4-11-8(10)3-6(7)9(14)15-2/h3-4H,1-2H3,(H,12,13). The number of carbonyl (C=O) groups is 2. The minimum Gasteiger partial charge on any atom is -0.465 e. The summed E-state index contributed by atoms with van der Waals surface area (Å²) in [7, 11) is 1.24. The molecule has 0 fully saturated rings. The van der Waals surface area contributed by atoms with Gasteiger partial charge in [0.05, 0.1) is 24.6 Å². The lowest BCUT2D eigenvalue weighted by molar-refractivity contribution is -0.114. The SMILES string of the molecule is COC(=O)c1cc(Cl)ncc1NC(C)=O. The molecule has 0 bridgehead atoms. The van der Waals surface area contributed by atoms with Crippen molar-refractivity contribution >= 4 is 29.2 Å². The van der Waals surface area contributed by atoms with Crippen molar-refractivity contribution < 1.29 is 14.3 Å². The average Bonchev–Trinajstić information content (AvgIpc) is 2.19. The van der Waals surface area contributed by atoms with Crippen molar-refractivity contribution in [2.45, 2.75) is 6.92 Å². The zero-order valence-corrected chi connectivity index (χ0v) is 8.96. The molecular formula is C9H9ClN2O3. The lowest BCUT2D eigenvalue weighted by atomic mass is 10.2. The highest BCUT2D eigenvalue weighted by molar-refractivity contribution is 6.29. The van der Waals surface area contributed by atoms with E-state index in [0.29, 0.717) is 0 Å². The van der Waals surface area contributed by atoms with Crippen molar-refractivity contribution in [1.82, 2.24) is 4.98 Å². The van der Waals surface area contributed by atoms with Gasteiger partial charge in [-0.2, -0.15) is 0 Å². The first kappa shape index (κ1) is 11.5. The summed E-state index contributed by atoms with van der Waals surface area (Å²) in [6.07, 6.45) is 1.30. The van der Waals surface area contributed by atoms with Gasteiger partial charge < -0.3 is 10.1 Å². The Balaban J connectivity index is 3.14. The number of amides is 1. The number of hydrogen-bond donors (Lipinski definition) is 1. The van der Waals surface area contributed by atoms with Gasteiger partial charge in [-0.25, -0.2) is 9.78 Å². The Morgan fingerprint density at radius 1 is 1.53 bits per heavy atom. The normalized spacial score (nSPS) is 9.53. The van der Waals surface area contributed by atoms with Crippen molar-refractivity contribution in [1.29, 1.82) is 0 Å². The van der Waals surface area contributed by atoms with Crippen molar-refractivity contribution in [2.24, 2.45) is 0 Å². The summed E-state index contributed by atoms with van der Waals surface area (Å²) >= 11 is 5.62. The van der Waals surface area contributed by atoms with Crippen LogP contribution >= 0.6 is 11.6 Å². The summed E-state index contributed by atoms with van der Waals surface area (Å²) in [5, 5.41) is 2.61. The Hall–Kier alpha value is -1.62. The molecule has 5 nitrogen and oxygen atoms in total. The molecule has 1 aromatic heterocycles. The van der Waals surface area contributed by atoms with Crippen LogP contribution in [0.4, 0.5) is 5.69 Å². The third kappa shape index (κ3) is 2.92. The molecule has 0 saturated carbocycles. The van der Waals surface area contributed by atoms with Crippen LogP contribution in [0.1, 0.15) is 17.3 Å². The molecule has 1 N–H and O–H groups in total. The van der Waals surface area contributed by atoms with E-state index in [1.807, 2.05) is 0 Å². The molecule has 0 radical (unpaired) electrons. The van der Waals surface area contributed by atoms with E-state index in [1.165, 1.54) is 26.3 Å². The molecule has 1 heterocycles. The van der Waals surface area contributed by atoms with E-state index in [2.05, 4.69) is 15.0 Å². The number of carbonyl (C=O) groups excluding carboxylic acids is 2. The number of hydrogen-bond acceptors (Lipinski definition) is 4. The molecule has 15 heavy (non-hydrogen) atoms. The summed E-state index contributed by atoms with van der Waals surface area (Å²) in [4.78, 5) is 25.9. The lowest BCUT2D eigenvalue weighted by Gasteiger charge is -2.07. The molecule has 6 heteroatoms. The third-order valence-corrected chi connectivity index (χ3v) is 1.79. The topological polar surface area (TPSA) is 68.3 Å². The second kappa shape index (κ2) is 4.75. The van der Waals surface area contributed by atoms with Crippen LogP contribution in [-0.2, 0) is 9.53 Å². The summed E-state index contributed by atoms with van der Waals surface area (Å²) in [6.45, 7) is 1.33. The van der Waals surface area contributed by atoms with Gasteiger partial charge in [-0.15, -0.1) is 0 Å². The molecule has 80 valence electrons. The van der Waals surface area contributed by atoms with Crippen LogP contribution in [0.15, 0.2) is 12.3 Å². The maximum absolute atomic E-state index is 11.3. The smallest absolute Gasteiger partial charge is 0.340 e. The van der Waals surface area contributed by atoms with Gasteiger partial charge in [-0.1, -0.05) is 11.6 Å². The van der Waals surface area contributed by atoms with E-state index >= 15 is 0 Å².